The number of ether oxygens (including phenoxy) is 2. The molecule has 6 heteroatoms. The van der Waals surface area contributed by atoms with Crippen molar-refractivity contribution >= 4 is 48.8 Å². The predicted octanol–water partition coefficient (Wildman–Crippen LogP) is 2.15. The first-order valence-corrected chi connectivity index (χ1v) is 6.11. The molecule has 12 heavy (non-hydrogen) atoms. The topological polar surface area (TPSA) is 18.5 Å². The van der Waals surface area contributed by atoms with Gasteiger partial charge in [0.15, 0.2) is 0 Å². The van der Waals surface area contributed by atoms with Gasteiger partial charge in [0, 0.05) is 0 Å². The fourth-order valence-corrected chi connectivity index (χ4v) is 3.90. The van der Waals surface area contributed by atoms with Crippen molar-refractivity contribution in [2.75, 3.05) is 13.2 Å². The van der Waals surface area contributed by atoms with Crippen LogP contribution in [0, 0.1) is 0 Å². The molecule has 68 valence electrons. The molecule has 0 aromatic heterocycles. The summed E-state index contributed by atoms with van der Waals surface area (Å²) < 4.78 is 12.9. The van der Waals surface area contributed by atoms with Crippen LogP contribution in [0.2, 0.25) is 0 Å². The van der Waals surface area contributed by atoms with Crippen LogP contribution in [-0.2, 0) is 9.47 Å². The monoisotopic (exact) mass is 240 g/mol. The Hall–Kier alpha value is 1.06. The Morgan fingerprint density at radius 2 is 1.42 bits per heavy atom. The van der Waals surface area contributed by atoms with Crippen LogP contribution < -0.4 is 0 Å². The van der Waals surface area contributed by atoms with Crippen LogP contribution in [0.5, 0.6) is 0 Å². The molecule has 0 amide bonds. The minimum absolute atomic E-state index is 0.0900. The van der Waals surface area contributed by atoms with Crippen molar-refractivity contribution in [2.24, 2.45) is 0 Å². The molecular formula is C6H8O2S4. The first kappa shape index (κ1) is 9.61. The Bertz CT molecular complexity index is 196. The quantitative estimate of drug-likeness (QED) is 0.632. The number of hydrogen-bond donors (Lipinski definition) is 2. The number of hydrogen-bond acceptors (Lipinski definition) is 6. The number of rotatable bonds is 0. The zero-order valence-electron chi connectivity index (χ0n) is 6.10. The maximum absolute atomic E-state index is 5.50. The normalized spacial score (nSPS) is 36.5. The highest BCUT2D eigenvalue weighted by Gasteiger charge is 2.33. The summed E-state index contributed by atoms with van der Waals surface area (Å²) in [6, 6.07) is 0. The summed E-state index contributed by atoms with van der Waals surface area (Å²) >= 11 is 11.7. The van der Waals surface area contributed by atoms with Gasteiger partial charge in [-0.3, -0.25) is 0 Å². The van der Waals surface area contributed by atoms with Crippen molar-refractivity contribution in [3.8, 4) is 0 Å². The SMILES string of the molecule is SC1=C(S)S[C@@H]2OCCO[C@@H]2S1. The lowest BCUT2D eigenvalue weighted by Gasteiger charge is -2.34. The molecule has 0 spiro atoms. The van der Waals surface area contributed by atoms with Crippen LogP contribution >= 0.6 is 48.8 Å². The Kier molecular flexibility index (Phi) is 3.25. The number of fused-ring (bicyclic) bond motifs is 1. The highest BCUT2D eigenvalue weighted by molar-refractivity contribution is 8.23. The fraction of sp³-hybridized carbons (Fsp3) is 0.667. The van der Waals surface area contributed by atoms with E-state index in [9.17, 15) is 0 Å². The van der Waals surface area contributed by atoms with E-state index >= 15 is 0 Å². The Balaban J connectivity index is 2.10. The number of thioether (sulfide) groups is 2. The van der Waals surface area contributed by atoms with Gasteiger partial charge < -0.3 is 9.47 Å². The van der Waals surface area contributed by atoms with E-state index in [4.69, 9.17) is 9.47 Å². The van der Waals surface area contributed by atoms with Gasteiger partial charge in [0.1, 0.15) is 10.9 Å². The van der Waals surface area contributed by atoms with Crippen molar-refractivity contribution in [2.45, 2.75) is 10.9 Å². The van der Waals surface area contributed by atoms with Crippen molar-refractivity contribution in [1.29, 1.82) is 0 Å². The largest absolute Gasteiger partial charge is 0.361 e. The minimum Gasteiger partial charge on any atom is -0.361 e. The van der Waals surface area contributed by atoms with Crippen LogP contribution in [0.3, 0.4) is 0 Å². The van der Waals surface area contributed by atoms with E-state index in [1.54, 1.807) is 23.5 Å². The average molecular weight is 240 g/mol. The van der Waals surface area contributed by atoms with E-state index in [-0.39, 0.29) is 10.9 Å². The van der Waals surface area contributed by atoms with Gasteiger partial charge in [-0.05, 0) is 0 Å². The standard InChI is InChI=1S/C6H8O2S4/c9-5-6(10)12-4-3(11-5)7-1-2-8-4/h3-4,9-10H,1-2H2/t3-,4+. The molecule has 0 aromatic carbocycles. The van der Waals surface area contributed by atoms with Crippen molar-refractivity contribution in [3.05, 3.63) is 8.47 Å². The molecule has 0 unspecified atom stereocenters. The van der Waals surface area contributed by atoms with E-state index in [1.165, 1.54) is 0 Å². The van der Waals surface area contributed by atoms with Crippen LogP contribution in [0.1, 0.15) is 0 Å². The predicted molar refractivity (Wildman–Crippen MR) is 59.7 cm³/mol. The van der Waals surface area contributed by atoms with E-state index in [1.807, 2.05) is 0 Å². The first-order valence-electron chi connectivity index (χ1n) is 3.46. The molecular weight excluding hydrogens is 232 g/mol. The first-order chi connectivity index (χ1) is 5.77. The lowest BCUT2D eigenvalue weighted by Crippen LogP contribution is -2.35. The van der Waals surface area contributed by atoms with Gasteiger partial charge in [0.05, 0.1) is 21.7 Å². The summed E-state index contributed by atoms with van der Waals surface area (Å²) in [5.41, 5.74) is 0.180. The van der Waals surface area contributed by atoms with E-state index in [0.29, 0.717) is 13.2 Å². The van der Waals surface area contributed by atoms with Crippen LogP contribution in [0.15, 0.2) is 8.47 Å². The zero-order valence-corrected chi connectivity index (χ0v) is 9.52. The zero-order chi connectivity index (χ0) is 8.55. The third-order valence-corrected chi connectivity index (χ3v) is 5.45. The van der Waals surface area contributed by atoms with Gasteiger partial charge in [-0.2, -0.15) is 0 Å². The highest BCUT2D eigenvalue weighted by atomic mass is 32.2. The molecule has 0 N–H and O–H groups in total. The second-order valence-corrected chi connectivity index (χ2v) is 6.04. The highest BCUT2D eigenvalue weighted by Crippen LogP contribution is 2.47. The lowest BCUT2D eigenvalue weighted by atomic mass is 10.6. The molecule has 2 heterocycles. The van der Waals surface area contributed by atoms with Crippen molar-refractivity contribution < 1.29 is 9.47 Å². The number of thiol groups is 2. The minimum atomic E-state index is 0.0900. The van der Waals surface area contributed by atoms with Gasteiger partial charge in [0.25, 0.3) is 0 Å². The smallest absolute Gasteiger partial charge is 0.144 e. The summed E-state index contributed by atoms with van der Waals surface area (Å²) in [6.45, 7) is 1.36. The maximum atomic E-state index is 5.50. The Morgan fingerprint density at radius 3 is 1.83 bits per heavy atom. The second kappa shape index (κ2) is 4.06. The lowest BCUT2D eigenvalue weighted by molar-refractivity contribution is -0.0659. The summed E-state index contributed by atoms with van der Waals surface area (Å²) in [7, 11) is 0. The molecule has 0 radical (unpaired) electrons. The van der Waals surface area contributed by atoms with Crippen LogP contribution in [-0.4, -0.2) is 24.1 Å². The maximum Gasteiger partial charge on any atom is 0.144 e. The molecule has 1 fully saturated rings. The van der Waals surface area contributed by atoms with E-state index in [0.717, 1.165) is 8.47 Å². The molecule has 2 rings (SSSR count). The van der Waals surface area contributed by atoms with Gasteiger partial charge in [-0.25, -0.2) is 0 Å². The molecule has 0 aliphatic carbocycles. The third-order valence-electron chi connectivity index (χ3n) is 1.51. The molecule has 2 aliphatic heterocycles. The third kappa shape index (κ3) is 1.93. The Labute approximate surface area is 90.6 Å². The second-order valence-electron chi connectivity index (χ2n) is 2.32. The summed E-state index contributed by atoms with van der Waals surface area (Å²) in [6.07, 6.45) is 0. The molecule has 0 aromatic rings. The van der Waals surface area contributed by atoms with Crippen LogP contribution in [0.25, 0.3) is 0 Å². The molecule has 0 bridgehead atoms. The molecule has 0 saturated carbocycles. The van der Waals surface area contributed by atoms with E-state index in [2.05, 4.69) is 25.3 Å². The summed E-state index contributed by atoms with van der Waals surface area (Å²) in [5.74, 6) is 0. The van der Waals surface area contributed by atoms with Crippen LogP contribution in [0.4, 0.5) is 0 Å². The van der Waals surface area contributed by atoms with Gasteiger partial charge in [-0.1, -0.05) is 23.5 Å². The molecule has 2 aliphatic rings. The van der Waals surface area contributed by atoms with Gasteiger partial charge in [0.2, 0.25) is 0 Å². The molecule has 2 nitrogen and oxygen atoms in total. The Morgan fingerprint density at radius 1 is 1.00 bits per heavy atom. The van der Waals surface area contributed by atoms with E-state index < -0.39 is 0 Å². The average Bonchev–Trinajstić information content (AvgIpc) is 2.07. The van der Waals surface area contributed by atoms with Crippen molar-refractivity contribution in [1.82, 2.24) is 0 Å². The fourth-order valence-electron chi connectivity index (χ4n) is 0.986. The summed E-state index contributed by atoms with van der Waals surface area (Å²) in [4.78, 5) is 0. The van der Waals surface area contributed by atoms with Crippen molar-refractivity contribution in [3.63, 3.8) is 0 Å². The summed E-state index contributed by atoms with van der Waals surface area (Å²) in [5, 5.41) is 0. The van der Waals surface area contributed by atoms with Gasteiger partial charge >= 0.3 is 0 Å². The molecule has 1 saturated heterocycles. The van der Waals surface area contributed by atoms with Gasteiger partial charge in [-0.15, -0.1) is 25.3 Å². The molecule has 2 atom stereocenters.